The van der Waals surface area contributed by atoms with Crippen molar-refractivity contribution >= 4 is 0 Å². The van der Waals surface area contributed by atoms with Crippen molar-refractivity contribution in [2.24, 2.45) is 0 Å². The Kier molecular flexibility index (Phi) is 12.2. The number of aromatic nitrogens is 1. The third-order valence-corrected chi connectivity index (χ3v) is 5.43. The second-order valence-electron chi connectivity index (χ2n) is 8.29. The van der Waals surface area contributed by atoms with E-state index in [2.05, 4.69) is 50.0 Å². The predicted molar refractivity (Wildman–Crippen MR) is 127 cm³/mol. The van der Waals surface area contributed by atoms with Crippen molar-refractivity contribution in [2.75, 3.05) is 13.2 Å². The minimum absolute atomic E-state index is 0.113. The van der Waals surface area contributed by atoms with Crippen LogP contribution >= 0.6 is 0 Å². The number of hydrogen-bond donors (Lipinski definition) is 0. The predicted octanol–water partition coefficient (Wildman–Crippen LogP) is 7.63. The van der Waals surface area contributed by atoms with E-state index < -0.39 is 0 Å². The summed E-state index contributed by atoms with van der Waals surface area (Å²) < 4.78 is 11.7. The Morgan fingerprint density at radius 3 is 2.20 bits per heavy atom. The number of unbranched alkanes of at least 4 members (excludes halogenated alkanes) is 7. The number of nitrogens with zero attached hydrogens (tertiary/aromatic N) is 1. The normalized spacial score (nSPS) is 12.1. The van der Waals surface area contributed by atoms with Crippen molar-refractivity contribution in [3.8, 4) is 17.0 Å². The fourth-order valence-electron chi connectivity index (χ4n) is 3.47. The lowest BCUT2D eigenvalue weighted by Crippen LogP contribution is -2.18. The average Bonchev–Trinajstić information content (AvgIpc) is 2.78. The van der Waals surface area contributed by atoms with Gasteiger partial charge < -0.3 is 9.47 Å². The summed E-state index contributed by atoms with van der Waals surface area (Å²) in [5.41, 5.74) is 3.47. The van der Waals surface area contributed by atoms with Crippen LogP contribution in [0.15, 0.2) is 42.6 Å². The molecule has 1 unspecified atom stereocenters. The van der Waals surface area contributed by atoms with Crippen molar-refractivity contribution in [3.05, 3.63) is 48.2 Å². The number of hydrogen-bond acceptors (Lipinski definition) is 3. The molecule has 1 aromatic heterocycles. The van der Waals surface area contributed by atoms with Crippen molar-refractivity contribution in [3.63, 3.8) is 0 Å². The molecule has 3 nitrogen and oxygen atoms in total. The molecular formula is C27H41NO2. The number of ether oxygens (including phenoxy) is 2. The quantitative estimate of drug-likeness (QED) is 0.266. The van der Waals surface area contributed by atoms with Crippen LogP contribution in [-0.2, 0) is 11.2 Å². The van der Waals surface area contributed by atoms with Gasteiger partial charge in [-0.3, -0.25) is 4.98 Å². The summed E-state index contributed by atoms with van der Waals surface area (Å²) in [5.74, 6) is 0.877. The molecule has 0 aliphatic carbocycles. The first kappa shape index (κ1) is 24.4. The molecule has 0 saturated carbocycles. The molecule has 30 heavy (non-hydrogen) atoms. The Morgan fingerprint density at radius 2 is 1.50 bits per heavy atom. The summed E-state index contributed by atoms with van der Waals surface area (Å²) in [5, 5.41) is 0. The average molecular weight is 412 g/mol. The molecule has 166 valence electrons. The molecule has 0 saturated heterocycles. The number of aryl methyl sites for hydroxylation is 1. The van der Waals surface area contributed by atoms with Crippen molar-refractivity contribution in [1.82, 2.24) is 4.98 Å². The first-order chi connectivity index (χ1) is 14.7. The number of pyridine rings is 1. The summed E-state index contributed by atoms with van der Waals surface area (Å²) in [6.45, 7) is 7.93. The van der Waals surface area contributed by atoms with Crippen LogP contribution in [0.2, 0.25) is 0 Å². The van der Waals surface area contributed by atoms with Crippen LogP contribution in [0.25, 0.3) is 11.3 Å². The first-order valence-electron chi connectivity index (χ1n) is 12.0. The van der Waals surface area contributed by atoms with Gasteiger partial charge >= 0.3 is 0 Å². The zero-order valence-corrected chi connectivity index (χ0v) is 19.4. The molecule has 0 aliphatic heterocycles. The van der Waals surface area contributed by atoms with Crippen molar-refractivity contribution in [2.45, 2.75) is 91.1 Å². The van der Waals surface area contributed by atoms with Crippen LogP contribution in [0, 0.1) is 0 Å². The summed E-state index contributed by atoms with van der Waals surface area (Å²) in [6.07, 6.45) is 14.8. The molecular weight excluding hydrogens is 370 g/mol. The van der Waals surface area contributed by atoms with E-state index in [0.29, 0.717) is 6.61 Å². The van der Waals surface area contributed by atoms with Gasteiger partial charge in [-0.25, -0.2) is 0 Å². The van der Waals surface area contributed by atoms with Gasteiger partial charge in [0, 0.05) is 18.4 Å². The third-order valence-electron chi connectivity index (χ3n) is 5.43. The minimum Gasteiger partial charge on any atom is -0.491 e. The molecule has 0 N–H and O–H groups in total. The fourth-order valence-corrected chi connectivity index (χ4v) is 3.47. The van der Waals surface area contributed by atoms with E-state index >= 15 is 0 Å². The molecule has 0 fully saturated rings. The van der Waals surface area contributed by atoms with Gasteiger partial charge in [0.05, 0.1) is 11.8 Å². The van der Waals surface area contributed by atoms with Crippen LogP contribution < -0.4 is 4.74 Å². The number of benzene rings is 1. The van der Waals surface area contributed by atoms with E-state index in [0.717, 1.165) is 36.5 Å². The Balaban J connectivity index is 1.72. The van der Waals surface area contributed by atoms with Crippen LogP contribution in [0.5, 0.6) is 5.75 Å². The molecule has 0 spiro atoms. The highest BCUT2D eigenvalue weighted by Gasteiger charge is 2.05. The summed E-state index contributed by atoms with van der Waals surface area (Å²) in [7, 11) is 0. The van der Waals surface area contributed by atoms with Crippen LogP contribution in [0.1, 0.15) is 84.1 Å². The molecule has 0 amide bonds. The van der Waals surface area contributed by atoms with Gasteiger partial charge in [-0.15, -0.1) is 0 Å². The van der Waals surface area contributed by atoms with E-state index in [1.54, 1.807) is 0 Å². The smallest absolute Gasteiger partial charge is 0.119 e. The Labute approximate surface area is 184 Å². The first-order valence-corrected chi connectivity index (χ1v) is 12.0. The lowest BCUT2D eigenvalue weighted by Gasteiger charge is -2.14. The zero-order chi connectivity index (χ0) is 21.4. The third kappa shape index (κ3) is 9.75. The molecule has 0 bridgehead atoms. The lowest BCUT2D eigenvalue weighted by atomic mass is 10.1. The van der Waals surface area contributed by atoms with E-state index in [4.69, 9.17) is 9.47 Å². The molecule has 0 radical (unpaired) electrons. The maximum atomic E-state index is 5.87. The van der Waals surface area contributed by atoms with Gasteiger partial charge in [-0.2, -0.15) is 0 Å². The minimum atomic E-state index is 0.113. The molecule has 3 heteroatoms. The van der Waals surface area contributed by atoms with Crippen molar-refractivity contribution in [1.29, 1.82) is 0 Å². The van der Waals surface area contributed by atoms with Crippen LogP contribution in [0.3, 0.4) is 0 Å². The summed E-state index contributed by atoms with van der Waals surface area (Å²) >= 11 is 0. The van der Waals surface area contributed by atoms with Crippen molar-refractivity contribution < 1.29 is 9.47 Å². The second-order valence-corrected chi connectivity index (χ2v) is 8.29. The van der Waals surface area contributed by atoms with E-state index in [9.17, 15) is 0 Å². The highest BCUT2D eigenvalue weighted by atomic mass is 16.5. The molecule has 2 aromatic rings. The molecule has 0 aliphatic rings. The van der Waals surface area contributed by atoms with E-state index in [1.165, 1.54) is 56.9 Å². The van der Waals surface area contributed by atoms with Gasteiger partial charge in [-0.05, 0) is 62.1 Å². The highest BCUT2D eigenvalue weighted by Crippen LogP contribution is 2.21. The SMILES string of the molecule is CCCCCCCCc1ccc(-c2ccc(OCC(C)OCCCCC)cc2)nc1. The lowest BCUT2D eigenvalue weighted by molar-refractivity contribution is 0.0304. The Hall–Kier alpha value is -1.87. The van der Waals surface area contributed by atoms with Crippen LogP contribution in [-0.4, -0.2) is 24.3 Å². The van der Waals surface area contributed by atoms with Crippen LogP contribution in [0.4, 0.5) is 0 Å². The van der Waals surface area contributed by atoms with Gasteiger partial charge in [0.2, 0.25) is 0 Å². The maximum absolute atomic E-state index is 5.87. The monoisotopic (exact) mass is 411 g/mol. The standard InChI is InChI=1S/C27H41NO2/c1-4-6-8-9-10-11-13-24-14-19-27(28-21-24)25-15-17-26(18-16-25)30-22-23(3)29-20-12-7-5-2/h14-19,21,23H,4-13,20,22H2,1-3H3. The largest absolute Gasteiger partial charge is 0.491 e. The highest BCUT2D eigenvalue weighted by molar-refractivity contribution is 5.60. The molecule has 1 atom stereocenters. The van der Waals surface area contributed by atoms with Gasteiger partial charge in [-0.1, -0.05) is 64.9 Å². The Bertz CT molecular complexity index is 666. The topological polar surface area (TPSA) is 31.4 Å². The number of rotatable bonds is 16. The van der Waals surface area contributed by atoms with E-state index in [1.807, 2.05) is 18.3 Å². The zero-order valence-electron chi connectivity index (χ0n) is 19.4. The Morgan fingerprint density at radius 1 is 0.800 bits per heavy atom. The van der Waals surface area contributed by atoms with Gasteiger partial charge in [0.1, 0.15) is 12.4 Å². The summed E-state index contributed by atoms with van der Waals surface area (Å²) in [4.78, 5) is 4.67. The van der Waals surface area contributed by atoms with Gasteiger partial charge in [0.25, 0.3) is 0 Å². The molecule has 1 aromatic carbocycles. The van der Waals surface area contributed by atoms with Gasteiger partial charge in [0.15, 0.2) is 0 Å². The molecule has 1 heterocycles. The molecule has 2 rings (SSSR count). The fraction of sp³-hybridized carbons (Fsp3) is 0.593. The second kappa shape index (κ2) is 15.0. The summed E-state index contributed by atoms with van der Waals surface area (Å²) in [6, 6.07) is 12.6. The van der Waals surface area contributed by atoms with E-state index in [-0.39, 0.29) is 6.10 Å². The maximum Gasteiger partial charge on any atom is 0.119 e.